The van der Waals surface area contributed by atoms with Gasteiger partial charge in [0, 0.05) is 65.8 Å². The molecule has 4 heteroatoms. The van der Waals surface area contributed by atoms with Gasteiger partial charge in [0.05, 0.1) is 44.1 Å². The smallest absolute Gasteiger partial charge is 0.0561 e. The van der Waals surface area contributed by atoms with E-state index in [-0.39, 0.29) is 0 Å². The van der Waals surface area contributed by atoms with Crippen LogP contribution >= 0.6 is 0 Å². The zero-order valence-electron chi connectivity index (χ0n) is 31.4. The summed E-state index contributed by atoms with van der Waals surface area (Å²) >= 11 is 0. The van der Waals surface area contributed by atoms with E-state index in [1.165, 1.54) is 87.2 Å². The summed E-state index contributed by atoms with van der Waals surface area (Å²) in [7, 11) is 0. The zero-order valence-corrected chi connectivity index (χ0v) is 31.4. The van der Waals surface area contributed by atoms with Crippen LogP contribution < -0.4 is 0 Å². The topological polar surface area (TPSA) is 19.7 Å². The summed E-state index contributed by atoms with van der Waals surface area (Å²) in [5.41, 5.74) is 14.2. The van der Waals surface area contributed by atoms with Crippen molar-refractivity contribution in [3.8, 4) is 22.7 Å². The van der Waals surface area contributed by atoms with Crippen molar-refractivity contribution in [2.75, 3.05) is 0 Å². The Bertz CT molecular complexity index is 3770. The number of aromatic nitrogens is 4. The van der Waals surface area contributed by atoms with Crippen molar-refractivity contribution in [2.45, 2.75) is 0 Å². The van der Waals surface area contributed by atoms with Gasteiger partial charge in [-0.15, -0.1) is 0 Å². The molecule has 0 aliphatic heterocycles. The molecule has 0 saturated carbocycles. The van der Waals surface area contributed by atoms with Crippen molar-refractivity contribution in [3.05, 3.63) is 206 Å². The van der Waals surface area contributed by atoms with E-state index in [0.29, 0.717) is 0 Å². The summed E-state index contributed by atoms with van der Waals surface area (Å²) in [5.74, 6) is 0. The van der Waals surface area contributed by atoms with Gasteiger partial charge in [-0.05, 0) is 91.0 Å². The molecule has 0 atom stereocenters. The van der Waals surface area contributed by atoms with Crippen LogP contribution in [0.25, 0.3) is 110 Å². The average Bonchev–Trinajstić information content (AvgIpc) is 4.00. The van der Waals surface area contributed by atoms with E-state index in [2.05, 4.69) is 225 Å². The maximum Gasteiger partial charge on any atom is 0.0561 e. The van der Waals surface area contributed by atoms with E-state index >= 15 is 0 Å². The van der Waals surface area contributed by atoms with Crippen molar-refractivity contribution >= 4 is 87.2 Å². The first-order chi connectivity index (χ1) is 28.8. The highest BCUT2D eigenvalue weighted by Gasteiger charge is 2.22. The molecule has 4 nitrogen and oxygen atoms in total. The summed E-state index contributed by atoms with van der Waals surface area (Å²) in [5, 5.41) is 9.92. The van der Waals surface area contributed by atoms with Crippen LogP contribution in [0.2, 0.25) is 0 Å². The van der Waals surface area contributed by atoms with Gasteiger partial charge in [-0.1, -0.05) is 115 Å². The fraction of sp³-hybridized carbons (Fsp3) is 0. The Morgan fingerprint density at radius 1 is 0.172 bits per heavy atom. The number of hydrogen-bond acceptors (Lipinski definition) is 0. The third-order valence-corrected chi connectivity index (χ3v) is 12.3. The van der Waals surface area contributed by atoms with Crippen molar-refractivity contribution < 1.29 is 0 Å². The first kappa shape index (κ1) is 31.4. The molecule has 270 valence electrons. The highest BCUT2D eigenvalue weighted by atomic mass is 15.0. The summed E-state index contributed by atoms with van der Waals surface area (Å²) in [6, 6.07) is 75.5. The predicted octanol–water partition coefficient (Wildman–Crippen LogP) is 14.1. The highest BCUT2D eigenvalue weighted by Crippen LogP contribution is 2.43. The summed E-state index contributed by atoms with van der Waals surface area (Å²) in [4.78, 5) is 0. The van der Waals surface area contributed by atoms with Crippen molar-refractivity contribution in [3.63, 3.8) is 0 Å². The molecule has 0 aliphatic rings. The number of fused-ring (bicyclic) bond motifs is 12. The Hall–Kier alpha value is -7.82. The predicted molar refractivity (Wildman–Crippen MR) is 244 cm³/mol. The zero-order chi connectivity index (χ0) is 37.9. The molecule has 0 radical (unpaired) electrons. The van der Waals surface area contributed by atoms with Gasteiger partial charge in [-0.3, -0.25) is 0 Å². The highest BCUT2D eigenvalue weighted by molar-refractivity contribution is 6.21. The molecule has 0 unspecified atom stereocenters. The molecular formula is C54H34N4. The molecule has 0 spiro atoms. The van der Waals surface area contributed by atoms with Crippen molar-refractivity contribution in [1.29, 1.82) is 0 Å². The molecule has 13 aromatic rings. The molecule has 0 bridgehead atoms. The minimum absolute atomic E-state index is 1.13. The lowest BCUT2D eigenvalue weighted by Crippen LogP contribution is -1.97. The van der Waals surface area contributed by atoms with Gasteiger partial charge in [0.1, 0.15) is 0 Å². The lowest BCUT2D eigenvalue weighted by molar-refractivity contribution is 1.15. The SMILES string of the molecule is c1ccc(-n2c3ccccc3c3cc4c(cc32)c2ccccc2n4-c2ccc3c4cc5c(cc4n(-c4ccccc4)c3c2)c2ccccc2n5-c2ccccc2)cc1. The Morgan fingerprint density at radius 2 is 0.448 bits per heavy atom. The molecule has 0 N–H and O–H groups in total. The summed E-state index contributed by atoms with van der Waals surface area (Å²) in [6.45, 7) is 0. The maximum absolute atomic E-state index is 2.47. The van der Waals surface area contributed by atoms with Crippen LogP contribution in [-0.2, 0) is 0 Å². The molecule has 13 rings (SSSR count). The second kappa shape index (κ2) is 11.8. The molecule has 0 saturated heterocycles. The van der Waals surface area contributed by atoms with Crippen molar-refractivity contribution in [1.82, 2.24) is 18.3 Å². The fourth-order valence-electron chi connectivity index (χ4n) is 9.88. The van der Waals surface area contributed by atoms with Gasteiger partial charge in [0.2, 0.25) is 0 Å². The van der Waals surface area contributed by atoms with Crippen LogP contribution in [0.4, 0.5) is 0 Å². The first-order valence-electron chi connectivity index (χ1n) is 19.9. The molecule has 4 aromatic heterocycles. The lowest BCUT2D eigenvalue weighted by Gasteiger charge is -2.11. The number of para-hydroxylation sites is 6. The van der Waals surface area contributed by atoms with E-state index in [9.17, 15) is 0 Å². The number of hydrogen-bond donors (Lipinski definition) is 0. The minimum atomic E-state index is 1.13. The molecule has 0 aliphatic carbocycles. The van der Waals surface area contributed by atoms with E-state index in [0.717, 1.165) is 22.7 Å². The minimum Gasteiger partial charge on any atom is -0.309 e. The monoisotopic (exact) mass is 738 g/mol. The Morgan fingerprint density at radius 3 is 0.828 bits per heavy atom. The Labute approximate surface area is 333 Å². The quantitative estimate of drug-likeness (QED) is 0.171. The average molecular weight is 739 g/mol. The van der Waals surface area contributed by atoms with E-state index in [1.54, 1.807) is 0 Å². The molecule has 0 fully saturated rings. The number of nitrogens with zero attached hydrogens (tertiary/aromatic N) is 4. The van der Waals surface area contributed by atoms with Gasteiger partial charge in [-0.25, -0.2) is 0 Å². The summed E-state index contributed by atoms with van der Waals surface area (Å²) < 4.78 is 9.76. The van der Waals surface area contributed by atoms with Gasteiger partial charge in [-0.2, -0.15) is 0 Å². The lowest BCUT2D eigenvalue weighted by atomic mass is 10.1. The van der Waals surface area contributed by atoms with E-state index in [4.69, 9.17) is 0 Å². The van der Waals surface area contributed by atoms with E-state index < -0.39 is 0 Å². The van der Waals surface area contributed by atoms with E-state index in [1.807, 2.05) is 0 Å². The van der Waals surface area contributed by atoms with Gasteiger partial charge >= 0.3 is 0 Å². The molecule has 4 heterocycles. The van der Waals surface area contributed by atoms with Crippen molar-refractivity contribution in [2.24, 2.45) is 0 Å². The number of rotatable bonds is 4. The Kier molecular flexibility index (Phi) is 6.41. The molecular weight excluding hydrogens is 705 g/mol. The first-order valence-corrected chi connectivity index (χ1v) is 19.9. The Balaban J connectivity index is 1.13. The number of benzene rings is 9. The molecule has 58 heavy (non-hydrogen) atoms. The van der Waals surface area contributed by atoms with Crippen LogP contribution in [0, 0.1) is 0 Å². The van der Waals surface area contributed by atoms with Gasteiger partial charge in [0.15, 0.2) is 0 Å². The van der Waals surface area contributed by atoms with Crippen LogP contribution in [-0.4, -0.2) is 18.3 Å². The second-order valence-corrected chi connectivity index (χ2v) is 15.4. The largest absolute Gasteiger partial charge is 0.309 e. The normalized spacial score (nSPS) is 12.1. The van der Waals surface area contributed by atoms with Crippen LogP contribution in [0.1, 0.15) is 0 Å². The van der Waals surface area contributed by atoms with Crippen LogP contribution in [0.15, 0.2) is 206 Å². The second-order valence-electron chi connectivity index (χ2n) is 15.4. The third-order valence-electron chi connectivity index (χ3n) is 12.3. The van der Waals surface area contributed by atoms with Gasteiger partial charge < -0.3 is 18.3 Å². The third kappa shape index (κ3) is 4.29. The molecule has 9 aromatic carbocycles. The van der Waals surface area contributed by atoms with Crippen LogP contribution in [0.5, 0.6) is 0 Å². The summed E-state index contributed by atoms with van der Waals surface area (Å²) in [6.07, 6.45) is 0. The fourth-order valence-corrected chi connectivity index (χ4v) is 9.88. The maximum atomic E-state index is 2.47. The van der Waals surface area contributed by atoms with Gasteiger partial charge in [0.25, 0.3) is 0 Å². The molecule has 0 amide bonds. The van der Waals surface area contributed by atoms with Crippen LogP contribution in [0.3, 0.4) is 0 Å². The standard InChI is InChI=1S/C54H34N4/c1-4-16-35(17-5-1)55-48-26-14-11-23-40(48)44-33-54-45(31-51(44)55)41-24-12-15-27-49(41)58(54)38-28-29-42-46-34-52-43(32-53(46)57(50(42)30-38)37-20-8-3-9-21-37)39-22-10-13-25-47(39)56(52)36-18-6-2-7-19-36/h1-34H.